The van der Waals surface area contributed by atoms with Crippen molar-refractivity contribution in [2.45, 2.75) is 0 Å². The Hall–Kier alpha value is -2.70. The first kappa shape index (κ1) is 12.7. The van der Waals surface area contributed by atoms with Gasteiger partial charge in [0, 0.05) is 18.2 Å². The highest BCUT2D eigenvalue weighted by Crippen LogP contribution is 2.26. The predicted molar refractivity (Wildman–Crippen MR) is 63.6 cm³/mol. The number of nitrogens with two attached hydrogens (primary N) is 2. The minimum Gasteiger partial charge on any atom is -0.437 e. The number of pyridine rings is 1. The van der Waals surface area contributed by atoms with E-state index < -0.39 is 17.5 Å². The van der Waals surface area contributed by atoms with Gasteiger partial charge in [0.15, 0.2) is 0 Å². The molecule has 7 heteroatoms. The summed E-state index contributed by atoms with van der Waals surface area (Å²) in [6.07, 6.45) is 0. The Labute approximate surface area is 106 Å². The van der Waals surface area contributed by atoms with Gasteiger partial charge in [0.25, 0.3) is 5.91 Å². The molecule has 0 radical (unpaired) electrons. The molecule has 0 fully saturated rings. The number of anilines is 1. The van der Waals surface area contributed by atoms with Gasteiger partial charge in [-0.25, -0.2) is 13.8 Å². The lowest BCUT2D eigenvalue weighted by atomic mass is 10.3. The molecule has 1 aromatic carbocycles. The Morgan fingerprint density at radius 3 is 2.37 bits per heavy atom. The number of nitrogen functional groups attached to an aromatic ring is 1. The number of aromatic nitrogens is 1. The number of carbonyl (C=O) groups excluding carboxylic acids is 1. The molecule has 0 saturated heterocycles. The average molecular weight is 265 g/mol. The maximum Gasteiger partial charge on any atom is 0.267 e. The molecule has 0 aliphatic carbocycles. The number of hydrogen-bond donors (Lipinski definition) is 2. The van der Waals surface area contributed by atoms with E-state index in [1.807, 2.05) is 0 Å². The van der Waals surface area contributed by atoms with Gasteiger partial charge in [0.2, 0.25) is 5.88 Å². The number of benzene rings is 1. The van der Waals surface area contributed by atoms with E-state index in [2.05, 4.69) is 4.98 Å². The van der Waals surface area contributed by atoms with Crippen molar-refractivity contribution in [2.24, 2.45) is 5.73 Å². The summed E-state index contributed by atoms with van der Waals surface area (Å²) in [5.74, 6) is -2.66. The molecule has 0 aliphatic heterocycles. The number of primary amides is 1. The summed E-state index contributed by atoms with van der Waals surface area (Å²) in [6, 6.07) is 5.29. The van der Waals surface area contributed by atoms with Gasteiger partial charge in [-0.15, -0.1) is 0 Å². The van der Waals surface area contributed by atoms with E-state index in [9.17, 15) is 13.6 Å². The van der Waals surface area contributed by atoms with E-state index >= 15 is 0 Å². The van der Waals surface area contributed by atoms with Crippen LogP contribution in [0.15, 0.2) is 30.3 Å². The highest BCUT2D eigenvalue weighted by Gasteiger charge is 2.10. The quantitative estimate of drug-likeness (QED) is 0.885. The Morgan fingerprint density at radius 1 is 1.16 bits per heavy atom. The van der Waals surface area contributed by atoms with Gasteiger partial charge < -0.3 is 16.2 Å². The summed E-state index contributed by atoms with van der Waals surface area (Å²) < 4.78 is 31.1. The van der Waals surface area contributed by atoms with Gasteiger partial charge >= 0.3 is 0 Å². The summed E-state index contributed by atoms with van der Waals surface area (Å²) in [4.78, 5) is 14.7. The second-order valence-corrected chi connectivity index (χ2v) is 3.66. The maximum atomic E-state index is 13.0. The van der Waals surface area contributed by atoms with Crippen LogP contribution >= 0.6 is 0 Å². The van der Waals surface area contributed by atoms with Crippen LogP contribution in [-0.2, 0) is 0 Å². The van der Waals surface area contributed by atoms with E-state index in [1.54, 1.807) is 0 Å². The molecule has 98 valence electrons. The molecule has 1 amide bonds. The number of nitrogens with zero attached hydrogens (tertiary/aromatic N) is 1. The number of carbonyl (C=O) groups is 1. The minimum absolute atomic E-state index is 0.0684. The van der Waals surface area contributed by atoms with Crippen molar-refractivity contribution in [3.8, 4) is 11.6 Å². The van der Waals surface area contributed by atoms with Crippen molar-refractivity contribution < 1.29 is 18.3 Å². The van der Waals surface area contributed by atoms with Crippen LogP contribution in [0.4, 0.5) is 14.5 Å². The van der Waals surface area contributed by atoms with Crippen LogP contribution in [0.25, 0.3) is 0 Å². The first-order valence-corrected chi connectivity index (χ1v) is 5.16. The summed E-state index contributed by atoms with van der Waals surface area (Å²) in [5.41, 5.74) is 10.7. The van der Waals surface area contributed by atoms with Crippen molar-refractivity contribution in [1.29, 1.82) is 0 Å². The first-order chi connectivity index (χ1) is 8.95. The Bertz CT molecular complexity index is 627. The molecule has 19 heavy (non-hydrogen) atoms. The van der Waals surface area contributed by atoms with Gasteiger partial charge in [-0.3, -0.25) is 4.79 Å². The lowest BCUT2D eigenvalue weighted by Crippen LogP contribution is -2.13. The molecule has 0 spiro atoms. The van der Waals surface area contributed by atoms with Crippen LogP contribution in [0.2, 0.25) is 0 Å². The number of hydrogen-bond acceptors (Lipinski definition) is 4. The molecule has 0 aliphatic rings. The van der Waals surface area contributed by atoms with Crippen LogP contribution in [0.3, 0.4) is 0 Å². The van der Waals surface area contributed by atoms with Crippen LogP contribution in [-0.4, -0.2) is 10.9 Å². The maximum absolute atomic E-state index is 13.0. The highest BCUT2D eigenvalue weighted by molar-refractivity contribution is 5.91. The SMILES string of the molecule is NC(=O)c1ccc(N)c(Oc2cc(F)cc(F)c2)n1. The third-order valence-corrected chi connectivity index (χ3v) is 2.19. The predicted octanol–water partition coefficient (Wildman–Crippen LogP) is 1.83. The molecule has 0 saturated carbocycles. The summed E-state index contributed by atoms with van der Waals surface area (Å²) in [6.45, 7) is 0. The van der Waals surface area contributed by atoms with Gasteiger partial charge in [0.05, 0.1) is 5.69 Å². The normalized spacial score (nSPS) is 10.2. The van der Waals surface area contributed by atoms with Crippen molar-refractivity contribution in [3.05, 3.63) is 47.7 Å². The van der Waals surface area contributed by atoms with E-state index in [0.29, 0.717) is 6.07 Å². The Morgan fingerprint density at radius 2 is 1.79 bits per heavy atom. The molecule has 2 aromatic rings. The standard InChI is InChI=1S/C12H9F2N3O2/c13-6-3-7(14)5-8(4-6)19-12-9(15)1-2-10(17-12)11(16)18/h1-5H,15H2,(H2,16,18). The summed E-state index contributed by atoms with van der Waals surface area (Å²) in [7, 11) is 0. The van der Waals surface area contributed by atoms with Gasteiger partial charge in [-0.1, -0.05) is 0 Å². The molecule has 2 rings (SSSR count). The minimum atomic E-state index is -0.806. The fourth-order valence-electron chi connectivity index (χ4n) is 1.37. The highest BCUT2D eigenvalue weighted by atomic mass is 19.1. The number of amides is 1. The van der Waals surface area contributed by atoms with Crippen LogP contribution in [0.5, 0.6) is 11.6 Å². The van der Waals surface area contributed by atoms with E-state index in [4.69, 9.17) is 16.2 Å². The molecule has 1 aromatic heterocycles. The lowest BCUT2D eigenvalue weighted by molar-refractivity contribution is 0.0995. The molecule has 4 N–H and O–H groups in total. The van der Waals surface area contributed by atoms with Gasteiger partial charge in [0.1, 0.15) is 23.1 Å². The van der Waals surface area contributed by atoms with Crippen molar-refractivity contribution in [2.75, 3.05) is 5.73 Å². The summed E-state index contributed by atoms with van der Waals surface area (Å²) in [5, 5.41) is 0. The molecule has 1 heterocycles. The average Bonchev–Trinajstić information content (AvgIpc) is 2.30. The zero-order valence-electron chi connectivity index (χ0n) is 9.56. The smallest absolute Gasteiger partial charge is 0.267 e. The largest absolute Gasteiger partial charge is 0.437 e. The monoisotopic (exact) mass is 265 g/mol. The fraction of sp³-hybridized carbons (Fsp3) is 0. The van der Waals surface area contributed by atoms with Crippen LogP contribution < -0.4 is 16.2 Å². The van der Waals surface area contributed by atoms with E-state index in [0.717, 1.165) is 12.1 Å². The van der Waals surface area contributed by atoms with E-state index in [1.165, 1.54) is 12.1 Å². The van der Waals surface area contributed by atoms with Crippen molar-refractivity contribution >= 4 is 11.6 Å². The van der Waals surface area contributed by atoms with Crippen molar-refractivity contribution in [3.63, 3.8) is 0 Å². The third-order valence-electron chi connectivity index (χ3n) is 2.19. The topological polar surface area (TPSA) is 91.2 Å². The molecule has 0 bridgehead atoms. The Balaban J connectivity index is 2.37. The second-order valence-electron chi connectivity index (χ2n) is 3.66. The van der Waals surface area contributed by atoms with E-state index in [-0.39, 0.29) is 23.0 Å². The van der Waals surface area contributed by atoms with Crippen LogP contribution in [0, 0.1) is 11.6 Å². The van der Waals surface area contributed by atoms with Crippen molar-refractivity contribution in [1.82, 2.24) is 4.98 Å². The second kappa shape index (κ2) is 4.89. The zero-order chi connectivity index (χ0) is 14.0. The number of halogens is 2. The number of ether oxygens (including phenoxy) is 1. The van der Waals surface area contributed by atoms with Crippen LogP contribution in [0.1, 0.15) is 10.5 Å². The molecular weight excluding hydrogens is 256 g/mol. The fourth-order valence-corrected chi connectivity index (χ4v) is 1.37. The molecule has 0 atom stereocenters. The number of rotatable bonds is 3. The lowest BCUT2D eigenvalue weighted by Gasteiger charge is -2.08. The van der Waals surface area contributed by atoms with Gasteiger partial charge in [-0.2, -0.15) is 0 Å². The zero-order valence-corrected chi connectivity index (χ0v) is 9.56. The first-order valence-electron chi connectivity index (χ1n) is 5.16. The molecule has 0 unspecified atom stereocenters. The van der Waals surface area contributed by atoms with Gasteiger partial charge in [-0.05, 0) is 12.1 Å². The summed E-state index contributed by atoms with van der Waals surface area (Å²) >= 11 is 0. The Kier molecular flexibility index (Phi) is 3.28. The molecular formula is C12H9F2N3O2. The third kappa shape index (κ3) is 2.95. The molecule has 5 nitrogen and oxygen atoms in total.